The molecular weight excluding hydrogens is 392 g/mol. The van der Waals surface area contributed by atoms with Crippen LogP contribution in [0.25, 0.3) is 0 Å². The Morgan fingerprint density at radius 2 is 2.00 bits per heavy atom. The average Bonchev–Trinajstić information content (AvgIpc) is 3.23. The molecule has 1 aromatic heterocycles. The zero-order chi connectivity index (χ0) is 18.7. The Morgan fingerprint density at radius 1 is 1.27 bits per heavy atom. The molecule has 1 aliphatic heterocycles. The molecule has 1 fully saturated rings. The monoisotopic (exact) mass is 406 g/mol. The first-order valence-electron chi connectivity index (χ1n) is 7.66. The number of rotatable bonds is 4. The summed E-state index contributed by atoms with van der Waals surface area (Å²) in [6, 6.07) is 10.4. The van der Waals surface area contributed by atoms with Gasteiger partial charge in [-0.2, -0.15) is 5.10 Å². The van der Waals surface area contributed by atoms with Crippen molar-refractivity contribution >= 4 is 63.1 Å². The van der Waals surface area contributed by atoms with Gasteiger partial charge in [0.25, 0.3) is 0 Å². The van der Waals surface area contributed by atoms with Crippen LogP contribution in [0.1, 0.15) is 18.2 Å². The van der Waals surface area contributed by atoms with Crippen molar-refractivity contribution in [2.75, 3.05) is 4.90 Å². The molecule has 1 aliphatic rings. The second-order valence-electron chi connectivity index (χ2n) is 5.46. The summed E-state index contributed by atoms with van der Waals surface area (Å²) in [5.74, 6) is -0.597. The molecule has 0 radical (unpaired) electrons. The molecule has 2 aromatic rings. The molecular formula is C17H15ClN4O2S2. The summed E-state index contributed by atoms with van der Waals surface area (Å²) in [6.45, 7) is 1.83. The summed E-state index contributed by atoms with van der Waals surface area (Å²) in [5, 5.41) is 10.1. The van der Waals surface area contributed by atoms with E-state index in [2.05, 4.69) is 10.2 Å². The van der Waals surface area contributed by atoms with Crippen LogP contribution in [-0.4, -0.2) is 27.9 Å². The van der Waals surface area contributed by atoms with Gasteiger partial charge < -0.3 is 5.73 Å². The summed E-state index contributed by atoms with van der Waals surface area (Å²) in [5.41, 5.74) is 7.11. The Morgan fingerprint density at radius 3 is 2.65 bits per heavy atom. The van der Waals surface area contributed by atoms with Gasteiger partial charge in [-0.3, -0.25) is 9.59 Å². The van der Waals surface area contributed by atoms with E-state index in [0.717, 1.165) is 27.3 Å². The number of hydrogen-bond acceptors (Lipinski definition) is 6. The number of halogens is 1. The summed E-state index contributed by atoms with van der Waals surface area (Å²) < 4.78 is 0. The normalized spacial score (nSPS) is 18.7. The minimum absolute atomic E-state index is 0.0654. The number of carbonyl (C=O) groups excluding carboxylic acids is 2. The lowest BCUT2D eigenvalue weighted by molar-refractivity contribution is -0.121. The van der Waals surface area contributed by atoms with Crippen LogP contribution < -0.4 is 10.6 Å². The highest BCUT2D eigenvalue weighted by Crippen LogP contribution is 2.30. The van der Waals surface area contributed by atoms with Gasteiger partial charge in [-0.25, -0.2) is 4.90 Å². The number of amides is 2. The zero-order valence-electron chi connectivity index (χ0n) is 13.8. The van der Waals surface area contributed by atoms with E-state index in [1.165, 1.54) is 0 Å². The van der Waals surface area contributed by atoms with Gasteiger partial charge in [0, 0.05) is 11.4 Å². The topological polar surface area (TPSA) is 88.1 Å². The Kier molecular flexibility index (Phi) is 5.75. The van der Waals surface area contributed by atoms with Gasteiger partial charge in [-0.05, 0) is 42.6 Å². The molecule has 0 spiro atoms. The molecule has 1 saturated heterocycles. The lowest BCUT2D eigenvalue weighted by Gasteiger charge is -2.14. The van der Waals surface area contributed by atoms with Crippen LogP contribution in [0.5, 0.6) is 0 Å². The minimum Gasteiger partial charge on any atom is -0.377 e. The van der Waals surface area contributed by atoms with Crippen molar-refractivity contribution in [3.63, 3.8) is 0 Å². The summed E-state index contributed by atoms with van der Waals surface area (Å²) in [4.78, 5) is 27.0. The smallest absolute Gasteiger partial charge is 0.247 e. The summed E-state index contributed by atoms with van der Waals surface area (Å²) in [7, 11) is 0. The Bertz CT molecular complexity index is 879. The highest BCUT2D eigenvalue weighted by atomic mass is 35.5. The van der Waals surface area contributed by atoms with Crippen LogP contribution in [0.2, 0.25) is 5.02 Å². The average molecular weight is 407 g/mol. The maximum absolute atomic E-state index is 12.6. The van der Waals surface area contributed by atoms with Gasteiger partial charge in [0.15, 0.2) is 5.17 Å². The molecule has 6 nitrogen and oxygen atoms in total. The molecule has 0 aliphatic carbocycles. The van der Waals surface area contributed by atoms with Gasteiger partial charge in [-0.1, -0.05) is 29.4 Å². The number of amidine groups is 1. The highest BCUT2D eigenvalue weighted by molar-refractivity contribution is 8.14. The van der Waals surface area contributed by atoms with Crippen molar-refractivity contribution in [2.45, 2.75) is 18.6 Å². The number of thiophene rings is 1. The molecule has 3 rings (SSSR count). The van der Waals surface area contributed by atoms with E-state index in [4.69, 9.17) is 17.3 Å². The van der Waals surface area contributed by atoms with Gasteiger partial charge in [0.2, 0.25) is 11.8 Å². The molecule has 1 atom stereocenters. The number of thioether (sulfide) groups is 1. The van der Waals surface area contributed by atoms with Gasteiger partial charge in [-0.15, -0.1) is 16.4 Å². The number of carbonyl (C=O) groups is 2. The summed E-state index contributed by atoms with van der Waals surface area (Å²) in [6.07, 6.45) is 0.0654. The number of imide groups is 1. The third kappa shape index (κ3) is 4.14. The quantitative estimate of drug-likeness (QED) is 0.364. The lowest BCUT2D eigenvalue weighted by Crippen LogP contribution is -2.31. The summed E-state index contributed by atoms with van der Waals surface area (Å²) >= 11 is 8.45. The van der Waals surface area contributed by atoms with E-state index >= 15 is 0 Å². The number of nitrogens with two attached hydrogens (primary N) is 1. The molecule has 134 valence electrons. The van der Waals surface area contributed by atoms with Crippen LogP contribution in [0.3, 0.4) is 0 Å². The standard InChI is InChI=1S/C17H15ClN4O2S2/c1-10(13-3-2-8-25-13)20-21-17(19)26-14-9-15(23)22(16(14)24)12-6-4-11(18)5-7-12/h2-8,14H,9H2,1H3,(H2,19,21)/b20-10-. The molecule has 26 heavy (non-hydrogen) atoms. The molecule has 2 amide bonds. The third-order valence-electron chi connectivity index (χ3n) is 3.63. The molecule has 1 aromatic carbocycles. The van der Waals surface area contributed by atoms with E-state index in [-0.39, 0.29) is 23.4 Å². The predicted molar refractivity (Wildman–Crippen MR) is 108 cm³/mol. The number of nitrogens with zero attached hydrogens (tertiary/aromatic N) is 3. The second-order valence-corrected chi connectivity index (χ2v) is 8.06. The van der Waals surface area contributed by atoms with Crippen molar-refractivity contribution in [2.24, 2.45) is 15.9 Å². The van der Waals surface area contributed by atoms with E-state index in [9.17, 15) is 9.59 Å². The Labute approximate surface area is 163 Å². The van der Waals surface area contributed by atoms with Crippen LogP contribution in [0.4, 0.5) is 5.69 Å². The van der Waals surface area contributed by atoms with E-state index in [0.29, 0.717) is 10.7 Å². The third-order valence-corrected chi connectivity index (χ3v) is 5.84. The number of hydrogen-bond donors (Lipinski definition) is 1. The van der Waals surface area contributed by atoms with E-state index < -0.39 is 5.25 Å². The molecule has 2 heterocycles. The predicted octanol–water partition coefficient (Wildman–Crippen LogP) is 3.51. The first-order chi connectivity index (χ1) is 12.5. The van der Waals surface area contributed by atoms with Crippen LogP contribution in [0.15, 0.2) is 52.0 Å². The van der Waals surface area contributed by atoms with Crippen LogP contribution >= 0.6 is 34.7 Å². The Balaban J connectivity index is 1.69. The van der Waals surface area contributed by atoms with Gasteiger partial charge in [0.1, 0.15) is 5.25 Å². The van der Waals surface area contributed by atoms with Gasteiger partial charge in [0.05, 0.1) is 16.3 Å². The number of benzene rings is 1. The molecule has 0 bridgehead atoms. The fraction of sp³-hybridized carbons (Fsp3) is 0.176. The maximum Gasteiger partial charge on any atom is 0.247 e. The minimum atomic E-state index is -0.612. The largest absolute Gasteiger partial charge is 0.377 e. The molecule has 2 N–H and O–H groups in total. The molecule has 9 heteroatoms. The molecule has 0 saturated carbocycles. The van der Waals surface area contributed by atoms with Crippen molar-refractivity contribution in [3.05, 3.63) is 51.7 Å². The number of anilines is 1. The Hall–Kier alpha value is -2.16. The maximum atomic E-state index is 12.6. The lowest BCUT2D eigenvalue weighted by atomic mass is 10.3. The molecule has 1 unspecified atom stereocenters. The van der Waals surface area contributed by atoms with Gasteiger partial charge >= 0.3 is 0 Å². The van der Waals surface area contributed by atoms with Crippen LogP contribution in [0, 0.1) is 0 Å². The van der Waals surface area contributed by atoms with Crippen molar-refractivity contribution in [3.8, 4) is 0 Å². The van der Waals surface area contributed by atoms with E-state index in [1.807, 2.05) is 24.4 Å². The first kappa shape index (κ1) is 18.6. The fourth-order valence-corrected chi connectivity index (χ4v) is 3.99. The highest BCUT2D eigenvalue weighted by Gasteiger charge is 2.40. The van der Waals surface area contributed by atoms with E-state index in [1.54, 1.807) is 35.6 Å². The second kappa shape index (κ2) is 8.03. The first-order valence-corrected chi connectivity index (χ1v) is 9.80. The van der Waals surface area contributed by atoms with Crippen LogP contribution in [-0.2, 0) is 9.59 Å². The van der Waals surface area contributed by atoms with Crippen molar-refractivity contribution < 1.29 is 9.59 Å². The SMILES string of the molecule is C/C(=N/N=C(\N)SC1CC(=O)N(c2ccc(Cl)cc2)C1=O)c1cccs1. The van der Waals surface area contributed by atoms with Crippen molar-refractivity contribution in [1.82, 2.24) is 0 Å². The fourth-order valence-electron chi connectivity index (χ4n) is 2.38. The van der Waals surface area contributed by atoms with Crippen molar-refractivity contribution in [1.29, 1.82) is 0 Å². The zero-order valence-corrected chi connectivity index (χ0v) is 16.1.